The molecule has 0 saturated heterocycles. The Labute approximate surface area is 162 Å². The van der Waals surface area contributed by atoms with Gasteiger partial charge >= 0.3 is 41.5 Å². The van der Waals surface area contributed by atoms with Crippen molar-refractivity contribution in [2.24, 2.45) is 0 Å². The van der Waals surface area contributed by atoms with Gasteiger partial charge in [-0.1, -0.05) is 38.5 Å². The molecule has 0 fully saturated rings. The molecule has 0 spiro atoms. The quantitative estimate of drug-likeness (QED) is 0.221. The number of carboxylic acid groups (broad SMARTS) is 1. The van der Waals surface area contributed by atoms with Crippen LogP contribution in [-0.4, -0.2) is 59.8 Å². The Kier molecular flexibility index (Phi) is 19.2. The monoisotopic (exact) mass is 337 g/mol. The number of esters is 1. The number of hydrogen-bond acceptors (Lipinski definition) is 4. The first-order chi connectivity index (χ1) is 10.6. The molecule has 0 saturated carbocycles. The van der Waals surface area contributed by atoms with Gasteiger partial charge in [-0.2, -0.15) is 0 Å². The van der Waals surface area contributed by atoms with E-state index in [1.165, 1.54) is 31.8 Å². The molecule has 0 radical (unpaired) electrons. The molecular weight excluding hydrogens is 305 g/mol. The zero-order valence-electron chi connectivity index (χ0n) is 14.0. The number of carbonyl (C=O) groups is 2. The molecule has 0 unspecified atom stereocenters. The first kappa shape index (κ1) is 24.7. The van der Waals surface area contributed by atoms with Crippen molar-refractivity contribution in [2.45, 2.75) is 71.6 Å². The van der Waals surface area contributed by atoms with Crippen LogP contribution in [0.25, 0.3) is 0 Å². The number of rotatable bonds is 14. The molecule has 0 rings (SSSR count). The topological polar surface area (TPSA) is 75.6 Å². The number of ether oxygens (including phenoxy) is 1. The van der Waals surface area contributed by atoms with E-state index >= 15 is 0 Å². The fraction of sp³-hybridized carbons (Fsp3) is 0.765. The first-order valence-corrected chi connectivity index (χ1v) is 8.37. The summed E-state index contributed by atoms with van der Waals surface area (Å²) in [7, 11) is 0. The Hall–Kier alpha value is -0.520. The minimum absolute atomic E-state index is 0. The molecule has 6 heteroatoms. The van der Waals surface area contributed by atoms with Crippen LogP contribution in [0, 0.1) is 0 Å². The summed E-state index contributed by atoms with van der Waals surface area (Å²) in [6.45, 7) is 4.94. The van der Waals surface area contributed by atoms with E-state index in [-0.39, 0.29) is 35.5 Å². The summed E-state index contributed by atoms with van der Waals surface area (Å²) in [5.74, 6) is -0.991. The molecule has 5 nitrogen and oxygen atoms in total. The number of nitrogens with one attached hydrogen (secondary N) is 1. The third-order valence-electron chi connectivity index (χ3n) is 3.34. The normalized spacial score (nSPS) is 10.8. The van der Waals surface area contributed by atoms with Gasteiger partial charge in [0.1, 0.15) is 0 Å². The van der Waals surface area contributed by atoms with Crippen molar-refractivity contribution in [3.63, 3.8) is 0 Å². The van der Waals surface area contributed by atoms with Gasteiger partial charge < -0.3 is 15.2 Å². The third kappa shape index (κ3) is 19.4. The molecule has 0 atom stereocenters. The van der Waals surface area contributed by atoms with Crippen molar-refractivity contribution in [2.75, 3.05) is 13.2 Å². The molecule has 0 bridgehead atoms. The van der Waals surface area contributed by atoms with E-state index < -0.39 is 5.97 Å². The van der Waals surface area contributed by atoms with E-state index in [0.717, 1.165) is 37.9 Å². The standard InChI is InChI=1S/C17H31NO4.Na.H/c1-3-22-17(21)14-15(2)18-13-11-9-7-5-4-6-8-10-12-16(19)20;;/h14,18H,3-13H2,1-2H3,(H,19,20);;. The number of aliphatic carboxylic acids is 1. The molecule has 0 amide bonds. The number of allylic oxidation sites excluding steroid dienone is 1. The van der Waals surface area contributed by atoms with Crippen molar-refractivity contribution in [1.29, 1.82) is 0 Å². The van der Waals surface area contributed by atoms with E-state index in [4.69, 9.17) is 9.84 Å². The van der Waals surface area contributed by atoms with Crippen molar-refractivity contribution >= 4 is 41.5 Å². The van der Waals surface area contributed by atoms with Crippen LogP contribution in [0.1, 0.15) is 71.6 Å². The average molecular weight is 337 g/mol. The second kappa shape index (κ2) is 17.8. The maximum atomic E-state index is 11.2. The van der Waals surface area contributed by atoms with Gasteiger partial charge in [-0.25, -0.2) is 4.79 Å². The number of carbonyl (C=O) groups excluding carboxylic acids is 1. The molecule has 130 valence electrons. The Morgan fingerprint density at radius 2 is 1.52 bits per heavy atom. The number of carboxylic acids is 1. The SMILES string of the molecule is CCOC(=O)C=C(C)NCCCCCCCCCCC(=O)O.[NaH]. The summed E-state index contributed by atoms with van der Waals surface area (Å²) in [5, 5.41) is 11.7. The molecule has 0 aromatic rings. The van der Waals surface area contributed by atoms with E-state index in [9.17, 15) is 9.59 Å². The van der Waals surface area contributed by atoms with Crippen molar-refractivity contribution < 1.29 is 19.4 Å². The zero-order valence-corrected chi connectivity index (χ0v) is 14.0. The Balaban J connectivity index is 0. The van der Waals surface area contributed by atoms with Crippen LogP contribution in [0.2, 0.25) is 0 Å². The molecule has 0 aliphatic heterocycles. The molecule has 0 heterocycles. The molecule has 0 aliphatic carbocycles. The van der Waals surface area contributed by atoms with Gasteiger partial charge in [-0.15, -0.1) is 0 Å². The van der Waals surface area contributed by atoms with Crippen molar-refractivity contribution in [3.05, 3.63) is 11.8 Å². The van der Waals surface area contributed by atoms with Gasteiger partial charge in [-0.05, 0) is 26.7 Å². The molecule has 0 aromatic heterocycles. The van der Waals surface area contributed by atoms with Gasteiger partial charge in [-0.3, -0.25) is 4.79 Å². The third-order valence-corrected chi connectivity index (χ3v) is 3.34. The Morgan fingerprint density at radius 1 is 1.00 bits per heavy atom. The molecule has 2 N–H and O–H groups in total. The van der Waals surface area contributed by atoms with E-state index in [2.05, 4.69) is 5.32 Å². The summed E-state index contributed by atoms with van der Waals surface area (Å²) in [6, 6.07) is 0. The summed E-state index contributed by atoms with van der Waals surface area (Å²) >= 11 is 0. The molecule has 23 heavy (non-hydrogen) atoms. The summed E-state index contributed by atoms with van der Waals surface area (Å²) in [4.78, 5) is 21.5. The first-order valence-electron chi connectivity index (χ1n) is 8.37. The number of unbranched alkanes of at least 4 members (excludes halogenated alkanes) is 7. The zero-order chi connectivity index (χ0) is 16.6. The van der Waals surface area contributed by atoms with E-state index in [1.54, 1.807) is 6.92 Å². The van der Waals surface area contributed by atoms with Crippen LogP contribution in [0.5, 0.6) is 0 Å². The predicted octanol–water partition coefficient (Wildman–Crippen LogP) is 2.99. The predicted molar refractivity (Wildman–Crippen MR) is 94.7 cm³/mol. The summed E-state index contributed by atoms with van der Waals surface area (Å²) in [6.07, 6.45) is 10.6. The van der Waals surface area contributed by atoms with Gasteiger partial charge in [0.2, 0.25) is 0 Å². The second-order valence-electron chi connectivity index (χ2n) is 5.48. The molecule has 0 aliphatic rings. The van der Waals surface area contributed by atoms with Crippen LogP contribution in [0.3, 0.4) is 0 Å². The van der Waals surface area contributed by atoms with Crippen molar-refractivity contribution in [3.8, 4) is 0 Å². The Morgan fingerprint density at radius 3 is 2.04 bits per heavy atom. The van der Waals surface area contributed by atoms with Crippen LogP contribution >= 0.6 is 0 Å². The van der Waals surface area contributed by atoms with Crippen LogP contribution in [-0.2, 0) is 14.3 Å². The summed E-state index contributed by atoms with van der Waals surface area (Å²) in [5.41, 5.74) is 0.844. The van der Waals surface area contributed by atoms with Gasteiger partial charge in [0.15, 0.2) is 0 Å². The van der Waals surface area contributed by atoms with Gasteiger partial charge in [0, 0.05) is 24.7 Å². The van der Waals surface area contributed by atoms with Gasteiger partial charge in [0.05, 0.1) is 6.61 Å². The maximum absolute atomic E-state index is 11.2. The van der Waals surface area contributed by atoms with Crippen molar-refractivity contribution in [1.82, 2.24) is 5.32 Å². The van der Waals surface area contributed by atoms with E-state index in [1.807, 2.05) is 6.92 Å². The average Bonchev–Trinajstić information content (AvgIpc) is 2.44. The minimum atomic E-state index is -0.695. The van der Waals surface area contributed by atoms with Crippen LogP contribution < -0.4 is 5.32 Å². The fourth-order valence-electron chi connectivity index (χ4n) is 2.16. The van der Waals surface area contributed by atoms with Gasteiger partial charge in [0.25, 0.3) is 0 Å². The van der Waals surface area contributed by atoms with Crippen LogP contribution in [0.4, 0.5) is 0 Å². The Bertz CT molecular complexity index is 345. The van der Waals surface area contributed by atoms with E-state index in [0.29, 0.717) is 13.0 Å². The van der Waals surface area contributed by atoms with Crippen LogP contribution in [0.15, 0.2) is 11.8 Å². The summed E-state index contributed by atoms with van der Waals surface area (Å²) < 4.78 is 4.84. The molecular formula is C17H32NNaO4. The second-order valence-corrected chi connectivity index (χ2v) is 5.48. The molecule has 0 aromatic carbocycles. The number of hydrogen-bond donors (Lipinski definition) is 2. The fourth-order valence-corrected chi connectivity index (χ4v) is 2.16.